The molecule has 0 fully saturated rings. The summed E-state index contributed by atoms with van der Waals surface area (Å²) < 4.78 is 5.35. The molecule has 0 saturated carbocycles. The average Bonchev–Trinajstić information content (AvgIpc) is 3.15. The summed E-state index contributed by atoms with van der Waals surface area (Å²) in [6, 6.07) is 16.7. The summed E-state index contributed by atoms with van der Waals surface area (Å²) in [6.45, 7) is 3.62. The first-order valence-corrected chi connectivity index (χ1v) is 9.52. The molecule has 0 aliphatic carbocycles. The summed E-state index contributed by atoms with van der Waals surface area (Å²) in [4.78, 5) is 30.2. The van der Waals surface area contributed by atoms with Crippen molar-refractivity contribution >= 4 is 34.0 Å². The van der Waals surface area contributed by atoms with Crippen molar-refractivity contribution in [1.29, 1.82) is 0 Å². The van der Waals surface area contributed by atoms with Gasteiger partial charge in [-0.25, -0.2) is 9.78 Å². The Morgan fingerprint density at radius 1 is 1.07 bits per heavy atom. The molecule has 0 bridgehead atoms. The van der Waals surface area contributed by atoms with Gasteiger partial charge in [-0.2, -0.15) is 0 Å². The quantitative estimate of drug-likeness (QED) is 0.579. The lowest BCUT2D eigenvalue weighted by Gasteiger charge is -2.17. The van der Waals surface area contributed by atoms with Crippen LogP contribution in [0.3, 0.4) is 0 Å². The average molecular weight is 380 g/mol. The van der Waals surface area contributed by atoms with Gasteiger partial charge in [0.15, 0.2) is 5.13 Å². The van der Waals surface area contributed by atoms with E-state index in [0.717, 1.165) is 12.1 Å². The highest BCUT2D eigenvalue weighted by Gasteiger charge is 2.18. The second-order valence-electron chi connectivity index (χ2n) is 5.94. The number of aryl methyl sites for hydroxylation is 1. The zero-order chi connectivity index (χ0) is 19.2. The SMILES string of the molecule is CCc1ccc(C(=O)OCc2csc(N(C(C)=O)c3ccccc3)n2)cc1. The molecule has 0 unspecified atom stereocenters. The van der Waals surface area contributed by atoms with Crippen molar-refractivity contribution in [1.82, 2.24) is 4.98 Å². The van der Waals surface area contributed by atoms with Crippen molar-refractivity contribution < 1.29 is 14.3 Å². The number of rotatable bonds is 6. The molecule has 0 atom stereocenters. The Bertz CT molecular complexity index is 920. The third-order valence-corrected chi connectivity index (χ3v) is 4.88. The van der Waals surface area contributed by atoms with E-state index in [4.69, 9.17) is 4.74 Å². The third-order valence-electron chi connectivity index (χ3n) is 4.01. The molecule has 1 amide bonds. The monoisotopic (exact) mass is 380 g/mol. The van der Waals surface area contributed by atoms with E-state index in [9.17, 15) is 9.59 Å². The van der Waals surface area contributed by atoms with E-state index >= 15 is 0 Å². The van der Waals surface area contributed by atoms with Gasteiger partial charge < -0.3 is 4.74 Å². The van der Waals surface area contributed by atoms with Gasteiger partial charge in [-0.15, -0.1) is 11.3 Å². The van der Waals surface area contributed by atoms with E-state index in [2.05, 4.69) is 11.9 Å². The number of benzene rings is 2. The molecule has 0 spiro atoms. The standard InChI is InChI=1S/C21H20N2O3S/c1-3-16-9-11-17(12-10-16)20(25)26-13-18-14-27-21(22-18)23(15(2)24)19-7-5-4-6-8-19/h4-12,14H,3,13H2,1-2H3. The van der Waals surface area contributed by atoms with Crippen LogP contribution < -0.4 is 4.90 Å². The maximum Gasteiger partial charge on any atom is 0.338 e. The van der Waals surface area contributed by atoms with Gasteiger partial charge in [0.2, 0.25) is 5.91 Å². The van der Waals surface area contributed by atoms with Gasteiger partial charge in [-0.3, -0.25) is 9.69 Å². The fourth-order valence-corrected chi connectivity index (χ4v) is 3.44. The number of nitrogens with zero attached hydrogens (tertiary/aromatic N) is 2. The van der Waals surface area contributed by atoms with E-state index in [1.165, 1.54) is 23.8 Å². The number of anilines is 2. The van der Waals surface area contributed by atoms with Crippen molar-refractivity contribution in [2.75, 3.05) is 4.90 Å². The highest BCUT2D eigenvalue weighted by atomic mass is 32.1. The van der Waals surface area contributed by atoms with Crippen molar-refractivity contribution in [2.24, 2.45) is 0 Å². The molecule has 0 aliphatic rings. The first kappa shape index (κ1) is 18.8. The summed E-state index contributed by atoms with van der Waals surface area (Å²) >= 11 is 1.34. The van der Waals surface area contributed by atoms with Crippen LogP contribution in [0.1, 0.15) is 35.5 Å². The van der Waals surface area contributed by atoms with Crippen LogP contribution >= 0.6 is 11.3 Å². The lowest BCUT2D eigenvalue weighted by molar-refractivity contribution is -0.115. The molecular weight excluding hydrogens is 360 g/mol. The van der Waals surface area contributed by atoms with Gasteiger partial charge in [0.25, 0.3) is 0 Å². The number of esters is 1. The van der Waals surface area contributed by atoms with Crippen LogP contribution in [0.25, 0.3) is 0 Å². The van der Waals surface area contributed by atoms with Gasteiger partial charge in [-0.1, -0.05) is 37.3 Å². The first-order valence-electron chi connectivity index (χ1n) is 8.64. The summed E-state index contributed by atoms with van der Waals surface area (Å²) in [5.74, 6) is -0.520. The number of aromatic nitrogens is 1. The van der Waals surface area contributed by atoms with Crippen LogP contribution in [0.4, 0.5) is 10.8 Å². The molecule has 1 heterocycles. The van der Waals surface area contributed by atoms with Crippen molar-refractivity contribution in [3.8, 4) is 0 Å². The molecule has 0 aliphatic heterocycles. The molecule has 2 aromatic carbocycles. The molecular formula is C21H20N2O3S. The second-order valence-corrected chi connectivity index (χ2v) is 6.77. The zero-order valence-corrected chi connectivity index (χ0v) is 16.0. The fourth-order valence-electron chi connectivity index (χ4n) is 2.57. The predicted octanol–water partition coefficient (Wildman–Crippen LogP) is 4.75. The van der Waals surface area contributed by atoms with Gasteiger partial charge in [-0.05, 0) is 36.2 Å². The van der Waals surface area contributed by atoms with Crippen LogP contribution in [-0.2, 0) is 22.6 Å². The minimum Gasteiger partial charge on any atom is -0.456 e. The Morgan fingerprint density at radius 3 is 2.41 bits per heavy atom. The molecule has 3 rings (SSSR count). The van der Waals surface area contributed by atoms with Crippen LogP contribution in [0.2, 0.25) is 0 Å². The number of para-hydroxylation sites is 1. The number of thiazole rings is 1. The Morgan fingerprint density at radius 2 is 1.78 bits per heavy atom. The van der Waals surface area contributed by atoms with Crippen LogP contribution in [0.5, 0.6) is 0 Å². The molecule has 0 N–H and O–H groups in total. The molecule has 6 heteroatoms. The maximum atomic E-state index is 12.2. The van der Waals surface area contributed by atoms with Crippen molar-refractivity contribution in [2.45, 2.75) is 26.9 Å². The highest BCUT2D eigenvalue weighted by molar-refractivity contribution is 7.14. The molecule has 5 nitrogen and oxygen atoms in total. The maximum absolute atomic E-state index is 12.2. The molecule has 27 heavy (non-hydrogen) atoms. The third kappa shape index (κ3) is 4.60. The lowest BCUT2D eigenvalue weighted by atomic mass is 10.1. The molecule has 3 aromatic rings. The lowest BCUT2D eigenvalue weighted by Crippen LogP contribution is -2.22. The Balaban J connectivity index is 1.68. The molecule has 138 valence electrons. The van der Waals surface area contributed by atoms with Gasteiger partial charge >= 0.3 is 5.97 Å². The zero-order valence-electron chi connectivity index (χ0n) is 15.2. The van der Waals surface area contributed by atoms with E-state index in [1.54, 1.807) is 22.4 Å². The number of carbonyl (C=O) groups is 2. The summed E-state index contributed by atoms with van der Waals surface area (Å²) in [5, 5.41) is 2.34. The first-order chi connectivity index (χ1) is 13.1. The van der Waals surface area contributed by atoms with Crippen molar-refractivity contribution in [3.05, 3.63) is 76.8 Å². The molecule has 0 radical (unpaired) electrons. The van der Waals surface area contributed by atoms with Crippen LogP contribution in [-0.4, -0.2) is 16.9 Å². The highest BCUT2D eigenvalue weighted by Crippen LogP contribution is 2.28. The van der Waals surface area contributed by atoms with Gasteiger partial charge in [0.05, 0.1) is 16.9 Å². The number of amides is 1. The summed E-state index contributed by atoms with van der Waals surface area (Å²) in [6.07, 6.45) is 0.922. The van der Waals surface area contributed by atoms with E-state index < -0.39 is 5.97 Å². The Hall–Kier alpha value is -2.99. The largest absolute Gasteiger partial charge is 0.456 e. The number of hydrogen-bond acceptors (Lipinski definition) is 5. The fraction of sp³-hybridized carbons (Fsp3) is 0.190. The summed E-state index contributed by atoms with van der Waals surface area (Å²) in [7, 11) is 0. The molecule has 0 saturated heterocycles. The number of hydrogen-bond donors (Lipinski definition) is 0. The summed E-state index contributed by atoms with van der Waals surface area (Å²) in [5.41, 5.74) is 3.04. The van der Waals surface area contributed by atoms with E-state index in [-0.39, 0.29) is 12.5 Å². The normalized spacial score (nSPS) is 10.4. The topological polar surface area (TPSA) is 59.5 Å². The van der Waals surface area contributed by atoms with E-state index in [0.29, 0.717) is 16.4 Å². The molecule has 1 aromatic heterocycles. The minimum atomic E-state index is -0.390. The van der Waals surface area contributed by atoms with E-state index in [1.807, 2.05) is 42.5 Å². The minimum absolute atomic E-state index is 0.0609. The Kier molecular flexibility index (Phi) is 5.98. The van der Waals surface area contributed by atoms with Crippen molar-refractivity contribution in [3.63, 3.8) is 0 Å². The van der Waals surface area contributed by atoms with Gasteiger partial charge in [0, 0.05) is 12.3 Å². The second kappa shape index (κ2) is 8.60. The number of carbonyl (C=O) groups excluding carboxylic acids is 2. The van der Waals surface area contributed by atoms with Gasteiger partial charge in [0.1, 0.15) is 6.61 Å². The Labute approximate surface area is 162 Å². The van der Waals surface area contributed by atoms with Crippen LogP contribution in [0, 0.1) is 0 Å². The smallest absolute Gasteiger partial charge is 0.338 e. The van der Waals surface area contributed by atoms with Crippen LogP contribution in [0.15, 0.2) is 60.0 Å². The predicted molar refractivity (Wildman–Crippen MR) is 106 cm³/mol. The number of ether oxygens (including phenoxy) is 1.